The monoisotopic (exact) mass is 505 g/mol. The number of amides is 1. The number of fused-ring (bicyclic) bond motifs is 1. The van der Waals surface area contributed by atoms with Crippen LogP contribution in [-0.2, 0) is 19.4 Å². The number of piperidine rings is 1. The molecule has 1 fully saturated rings. The fourth-order valence-electron chi connectivity index (χ4n) is 5.61. The maximum Gasteiger partial charge on any atom is 0.248 e. The van der Waals surface area contributed by atoms with E-state index in [1.54, 1.807) is 25.3 Å². The molecule has 3 heterocycles. The Morgan fingerprint density at radius 3 is 2.66 bits per heavy atom. The fraction of sp³-hybridized carbons (Fsp3) is 0.577. The average molecular weight is 506 g/mol. The van der Waals surface area contributed by atoms with Crippen molar-refractivity contribution in [2.24, 2.45) is 0 Å². The Morgan fingerprint density at radius 2 is 2.00 bits per heavy atom. The molecule has 2 aromatic rings. The van der Waals surface area contributed by atoms with Gasteiger partial charge in [-0.3, -0.25) is 4.79 Å². The minimum atomic E-state index is -4.04. The molecule has 1 aromatic heterocycles. The second-order valence-electron chi connectivity index (χ2n) is 10.2. The van der Waals surface area contributed by atoms with Crippen molar-refractivity contribution in [3.63, 3.8) is 0 Å². The summed E-state index contributed by atoms with van der Waals surface area (Å²) in [5.74, 6) is -1.78. The minimum Gasteiger partial charge on any atom is -0.488 e. The van der Waals surface area contributed by atoms with E-state index in [1.807, 2.05) is 13.8 Å². The number of aromatic nitrogens is 1. The number of hydrogen-bond acceptors (Lipinski definition) is 5. The Balaban J connectivity index is 1.82. The van der Waals surface area contributed by atoms with E-state index in [1.165, 1.54) is 24.6 Å². The van der Waals surface area contributed by atoms with Crippen LogP contribution in [0.25, 0.3) is 0 Å². The molecule has 0 spiro atoms. The summed E-state index contributed by atoms with van der Waals surface area (Å²) in [5, 5.41) is 2.96. The van der Waals surface area contributed by atoms with Gasteiger partial charge >= 0.3 is 0 Å². The lowest BCUT2D eigenvalue weighted by Crippen LogP contribution is -2.57. The molecular formula is C26H36FN3O4S. The molecule has 0 aliphatic carbocycles. The molecule has 1 aromatic carbocycles. The summed E-state index contributed by atoms with van der Waals surface area (Å²) >= 11 is 0. The lowest BCUT2D eigenvalue weighted by Gasteiger charge is -2.45. The Morgan fingerprint density at radius 1 is 1.26 bits per heavy atom. The predicted molar refractivity (Wildman–Crippen MR) is 134 cm³/mol. The fourth-order valence-corrected chi connectivity index (χ4v) is 7.53. The standard InChI is InChI=1S/C26H36FN3O4S/c1-4-35(32,33)26(23-9-8-12-28-23,24(31)29-13-16-30-14-6-5-7-15-30)21-18-25(2,3)34-22-11-10-19(27)17-20(21)22/h8-12,17,21,28H,4-7,13-16,18H2,1-3H3,(H,29,31). The molecule has 1 saturated heterocycles. The van der Waals surface area contributed by atoms with Crippen LogP contribution < -0.4 is 10.1 Å². The van der Waals surface area contributed by atoms with Crippen LogP contribution in [0.2, 0.25) is 0 Å². The molecule has 0 radical (unpaired) electrons. The number of likely N-dealkylation sites (tertiary alicyclic amines) is 1. The largest absolute Gasteiger partial charge is 0.488 e. The molecule has 0 bridgehead atoms. The number of nitrogens with one attached hydrogen (secondary N) is 2. The highest BCUT2D eigenvalue weighted by molar-refractivity contribution is 7.93. The second kappa shape index (κ2) is 9.93. The van der Waals surface area contributed by atoms with Gasteiger partial charge in [0, 0.05) is 42.2 Å². The predicted octanol–water partition coefficient (Wildman–Crippen LogP) is 3.73. The summed E-state index contributed by atoms with van der Waals surface area (Å²) in [4.78, 5) is 19.5. The first-order valence-electron chi connectivity index (χ1n) is 12.5. The van der Waals surface area contributed by atoms with E-state index in [9.17, 15) is 17.6 Å². The third kappa shape index (κ3) is 4.85. The van der Waals surface area contributed by atoms with Crippen LogP contribution in [0.4, 0.5) is 4.39 Å². The normalized spacial score (nSPS) is 22.0. The van der Waals surface area contributed by atoms with Gasteiger partial charge in [0.05, 0.1) is 0 Å². The van der Waals surface area contributed by atoms with Crippen LogP contribution in [0.15, 0.2) is 36.5 Å². The maximum absolute atomic E-state index is 14.5. The maximum atomic E-state index is 14.5. The van der Waals surface area contributed by atoms with E-state index in [4.69, 9.17) is 4.74 Å². The highest BCUT2D eigenvalue weighted by Crippen LogP contribution is 2.53. The van der Waals surface area contributed by atoms with E-state index in [2.05, 4.69) is 15.2 Å². The van der Waals surface area contributed by atoms with Gasteiger partial charge in [-0.2, -0.15) is 0 Å². The smallest absolute Gasteiger partial charge is 0.248 e. The first-order valence-corrected chi connectivity index (χ1v) is 14.1. The number of benzene rings is 1. The molecule has 2 aliphatic heterocycles. The van der Waals surface area contributed by atoms with Gasteiger partial charge in [0.1, 0.15) is 17.2 Å². The van der Waals surface area contributed by atoms with Gasteiger partial charge in [-0.05, 0) is 76.5 Å². The van der Waals surface area contributed by atoms with Crippen molar-refractivity contribution in [2.75, 3.05) is 31.9 Å². The summed E-state index contributed by atoms with van der Waals surface area (Å²) in [6.45, 7) is 8.21. The summed E-state index contributed by atoms with van der Waals surface area (Å²) in [5.41, 5.74) is -0.0834. The number of ether oxygens (including phenoxy) is 1. The summed E-state index contributed by atoms with van der Waals surface area (Å²) < 4.78 is 46.6. The average Bonchev–Trinajstić information content (AvgIpc) is 3.35. The van der Waals surface area contributed by atoms with Crippen LogP contribution in [0.5, 0.6) is 5.75 Å². The minimum absolute atomic E-state index is 0.223. The number of carbonyl (C=O) groups excluding carboxylic acids is 1. The Bertz CT molecular complexity index is 1140. The molecule has 9 heteroatoms. The van der Waals surface area contributed by atoms with Crippen LogP contribution in [0.3, 0.4) is 0 Å². The first kappa shape index (κ1) is 25.7. The van der Waals surface area contributed by atoms with Crippen molar-refractivity contribution in [1.29, 1.82) is 0 Å². The molecular weight excluding hydrogens is 469 g/mol. The zero-order valence-corrected chi connectivity index (χ0v) is 21.6. The van der Waals surface area contributed by atoms with Crippen LogP contribution in [-0.4, -0.2) is 61.7 Å². The lowest BCUT2D eigenvalue weighted by molar-refractivity contribution is -0.125. The van der Waals surface area contributed by atoms with Gasteiger partial charge < -0.3 is 19.9 Å². The number of hydrogen-bond donors (Lipinski definition) is 2. The van der Waals surface area contributed by atoms with E-state index < -0.39 is 37.8 Å². The number of rotatable bonds is 8. The molecule has 7 nitrogen and oxygen atoms in total. The zero-order chi connectivity index (χ0) is 25.3. The van der Waals surface area contributed by atoms with Gasteiger partial charge in [0.15, 0.2) is 14.6 Å². The van der Waals surface area contributed by atoms with Crippen molar-refractivity contribution in [2.45, 2.75) is 62.7 Å². The Kier molecular flexibility index (Phi) is 7.29. The number of sulfone groups is 1. The van der Waals surface area contributed by atoms with Crippen molar-refractivity contribution in [1.82, 2.24) is 15.2 Å². The molecule has 4 rings (SSSR count). The highest BCUT2D eigenvalue weighted by Gasteiger charge is 2.60. The van der Waals surface area contributed by atoms with E-state index in [-0.39, 0.29) is 17.9 Å². The van der Waals surface area contributed by atoms with Crippen LogP contribution in [0.1, 0.15) is 63.6 Å². The Hall–Kier alpha value is -2.39. The number of H-pyrrole nitrogens is 1. The van der Waals surface area contributed by atoms with Crippen molar-refractivity contribution < 1.29 is 22.3 Å². The van der Waals surface area contributed by atoms with Gasteiger partial charge in [0.2, 0.25) is 5.91 Å². The summed E-state index contributed by atoms with van der Waals surface area (Å²) in [7, 11) is -4.04. The molecule has 192 valence electrons. The van der Waals surface area contributed by atoms with Crippen LogP contribution in [0, 0.1) is 5.82 Å². The van der Waals surface area contributed by atoms with E-state index in [0.717, 1.165) is 25.9 Å². The molecule has 0 saturated carbocycles. The number of nitrogens with zero attached hydrogens (tertiary/aromatic N) is 1. The molecule has 2 atom stereocenters. The van der Waals surface area contributed by atoms with Crippen molar-refractivity contribution in [3.8, 4) is 5.75 Å². The quantitative estimate of drug-likeness (QED) is 0.571. The van der Waals surface area contributed by atoms with Crippen LogP contribution >= 0.6 is 0 Å². The number of halogens is 1. The molecule has 35 heavy (non-hydrogen) atoms. The summed E-state index contributed by atoms with van der Waals surface area (Å²) in [6.07, 6.45) is 5.31. The first-order chi connectivity index (χ1) is 16.6. The molecule has 2 N–H and O–H groups in total. The highest BCUT2D eigenvalue weighted by atomic mass is 32.2. The molecule has 1 amide bonds. The van der Waals surface area contributed by atoms with Gasteiger partial charge in [-0.1, -0.05) is 13.3 Å². The number of aromatic amines is 1. The van der Waals surface area contributed by atoms with E-state index in [0.29, 0.717) is 24.4 Å². The summed E-state index contributed by atoms with van der Waals surface area (Å²) in [6, 6.07) is 7.44. The Labute approximate surface area is 207 Å². The zero-order valence-electron chi connectivity index (χ0n) is 20.8. The third-order valence-corrected chi connectivity index (χ3v) is 9.72. The van der Waals surface area contributed by atoms with E-state index >= 15 is 0 Å². The van der Waals surface area contributed by atoms with Gasteiger partial charge in [-0.15, -0.1) is 0 Å². The van der Waals surface area contributed by atoms with Gasteiger partial charge in [-0.25, -0.2) is 12.8 Å². The SMILES string of the molecule is CCS(=O)(=O)C(C(=O)NCCN1CCCCC1)(c1ccc[nH]1)C1CC(C)(C)Oc2ccc(F)cc21. The van der Waals surface area contributed by atoms with Crippen molar-refractivity contribution >= 4 is 15.7 Å². The lowest BCUT2D eigenvalue weighted by atomic mass is 9.74. The van der Waals surface area contributed by atoms with Gasteiger partial charge in [0.25, 0.3) is 0 Å². The second-order valence-corrected chi connectivity index (χ2v) is 12.6. The molecule has 2 aliphatic rings. The van der Waals surface area contributed by atoms with Crippen molar-refractivity contribution in [3.05, 3.63) is 53.6 Å². The third-order valence-electron chi connectivity index (χ3n) is 7.29. The topological polar surface area (TPSA) is 91.5 Å². The number of carbonyl (C=O) groups is 1. The molecule has 2 unspecified atom stereocenters.